The van der Waals surface area contributed by atoms with Crippen molar-refractivity contribution in [3.05, 3.63) is 12.2 Å². The maximum absolute atomic E-state index is 9.80. The number of aromatic nitrogens is 3. The van der Waals surface area contributed by atoms with Crippen molar-refractivity contribution in [3.8, 4) is 0 Å². The third-order valence-electron chi connectivity index (χ3n) is 2.00. The maximum Gasteiger partial charge on any atom is 0.158 e. The van der Waals surface area contributed by atoms with Gasteiger partial charge in [0.1, 0.15) is 12.4 Å². The number of aliphatic hydroxyl groups excluding tert-OH is 1. The van der Waals surface area contributed by atoms with Crippen molar-refractivity contribution in [2.24, 2.45) is 0 Å². The van der Waals surface area contributed by atoms with E-state index in [-0.39, 0.29) is 6.04 Å². The van der Waals surface area contributed by atoms with Crippen LogP contribution in [0, 0.1) is 0 Å². The first-order valence-electron chi connectivity index (χ1n) is 4.64. The zero-order valence-electron chi connectivity index (χ0n) is 8.97. The number of hydrogen-bond acceptors (Lipinski definition) is 4. The van der Waals surface area contributed by atoms with E-state index in [1.54, 1.807) is 4.68 Å². The van der Waals surface area contributed by atoms with Crippen molar-refractivity contribution in [1.29, 1.82) is 0 Å². The summed E-state index contributed by atoms with van der Waals surface area (Å²) in [7, 11) is 0. The molecule has 5 heteroatoms. The average Bonchev–Trinajstić information content (AvgIpc) is 2.48. The molecule has 14 heavy (non-hydrogen) atoms. The van der Waals surface area contributed by atoms with E-state index in [0.717, 1.165) is 0 Å². The molecule has 1 aromatic rings. The van der Waals surface area contributed by atoms with E-state index in [1.165, 1.54) is 20.2 Å². The SMILES string of the molecule is CC(C)n1ncnc1C(O)C(C)(C)O. The maximum atomic E-state index is 9.80. The summed E-state index contributed by atoms with van der Waals surface area (Å²) in [5, 5.41) is 23.4. The van der Waals surface area contributed by atoms with Gasteiger partial charge in [0.05, 0.1) is 5.60 Å². The van der Waals surface area contributed by atoms with E-state index in [2.05, 4.69) is 10.1 Å². The first-order chi connectivity index (χ1) is 6.34. The molecule has 0 radical (unpaired) electrons. The van der Waals surface area contributed by atoms with Gasteiger partial charge in [-0.25, -0.2) is 9.67 Å². The fourth-order valence-electron chi connectivity index (χ4n) is 1.17. The van der Waals surface area contributed by atoms with E-state index >= 15 is 0 Å². The highest BCUT2D eigenvalue weighted by atomic mass is 16.3. The van der Waals surface area contributed by atoms with E-state index in [1.807, 2.05) is 13.8 Å². The molecule has 1 unspecified atom stereocenters. The molecule has 1 atom stereocenters. The minimum atomic E-state index is -1.21. The topological polar surface area (TPSA) is 71.2 Å². The summed E-state index contributed by atoms with van der Waals surface area (Å²) < 4.78 is 1.60. The Bertz CT molecular complexity index is 301. The van der Waals surface area contributed by atoms with E-state index in [4.69, 9.17) is 0 Å². The lowest BCUT2D eigenvalue weighted by Gasteiger charge is -2.24. The monoisotopic (exact) mass is 199 g/mol. The molecule has 0 fully saturated rings. The highest BCUT2D eigenvalue weighted by molar-refractivity contribution is 4.98. The lowest BCUT2D eigenvalue weighted by Crippen LogP contribution is -2.31. The molecule has 80 valence electrons. The summed E-state index contributed by atoms with van der Waals surface area (Å²) in [4.78, 5) is 3.95. The van der Waals surface area contributed by atoms with Crippen LogP contribution in [0.25, 0.3) is 0 Å². The Morgan fingerprint density at radius 3 is 2.43 bits per heavy atom. The van der Waals surface area contributed by atoms with Crippen molar-refractivity contribution in [2.75, 3.05) is 0 Å². The average molecular weight is 199 g/mol. The normalized spacial score (nSPS) is 14.8. The molecular weight excluding hydrogens is 182 g/mol. The molecule has 0 aromatic carbocycles. The summed E-state index contributed by atoms with van der Waals surface area (Å²) in [6, 6.07) is 0.115. The number of hydrogen-bond donors (Lipinski definition) is 2. The van der Waals surface area contributed by atoms with Gasteiger partial charge in [0.2, 0.25) is 0 Å². The molecule has 0 saturated carbocycles. The summed E-state index contributed by atoms with van der Waals surface area (Å²) in [6.45, 7) is 6.96. The molecule has 5 nitrogen and oxygen atoms in total. The fourth-order valence-corrected chi connectivity index (χ4v) is 1.17. The Labute approximate surface area is 83.4 Å². The minimum Gasteiger partial charge on any atom is -0.387 e. The standard InChI is InChI=1S/C9H17N3O2/c1-6(2)12-8(10-5-11-12)7(13)9(3,4)14/h5-7,13-14H,1-4H3. The summed E-state index contributed by atoms with van der Waals surface area (Å²) >= 11 is 0. The van der Waals surface area contributed by atoms with Crippen LogP contribution in [0.1, 0.15) is 45.7 Å². The highest BCUT2D eigenvalue weighted by Crippen LogP contribution is 2.24. The summed E-state index contributed by atoms with van der Waals surface area (Å²) in [5.74, 6) is 0.396. The van der Waals surface area contributed by atoms with E-state index in [0.29, 0.717) is 5.82 Å². The molecule has 0 aliphatic carbocycles. The van der Waals surface area contributed by atoms with Gasteiger partial charge in [0, 0.05) is 6.04 Å². The van der Waals surface area contributed by atoms with Gasteiger partial charge in [-0.2, -0.15) is 5.10 Å². The van der Waals surface area contributed by atoms with E-state index in [9.17, 15) is 10.2 Å². The van der Waals surface area contributed by atoms with Gasteiger partial charge in [0.25, 0.3) is 0 Å². The molecule has 0 spiro atoms. The number of nitrogens with zero attached hydrogens (tertiary/aromatic N) is 3. The van der Waals surface area contributed by atoms with Gasteiger partial charge in [-0.15, -0.1) is 0 Å². The predicted molar refractivity (Wildman–Crippen MR) is 51.7 cm³/mol. The van der Waals surface area contributed by atoms with Crippen LogP contribution in [-0.2, 0) is 0 Å². The van der Waals surface area contributed by atoms with Crippen LogP contribution in [-0.4, -0.2) is 30.6 Å². The largest absolute Gasteiger partial charge is 0.387 e. The lowest BCUT2D eigenvalue weighted by atomic mass is 10.0. The molecule has 0 bridgehead atoms. The number of aliphatic hydroxyl groups is 2. The molecular formula is C9H17N3O2. The van der Waals surface area contributed by atoms with Crippen molar-refractivity contribution >= 4 is 0 Å². The lowest BCUT2D eigenvalue weighted by molar-refractivity contribution is -0.0563. The Morgan fingerprint density at radius 2 is 2.00 bits per heavy atom. The first kappa shape index (κ1) is 11.1. The molecule has 0 aliphatic heterocycles. The zero-order valence-corrected chi connectivity index (χ0v) is 8.97. The fraction of sp³-hybridized carbons (Fsp3) is 0.778. The van der Waals surface area contributed by atoms with Crippen LogP contribution < -0.4 is 0 Å². The van der Waals surface area contributed by atoms with Crippen LogP contribution in [0.2, 0.25) is 0 Å². The van der Waals surface area contributed by atoms with Crippen LogP contribution in [0.3, 0.4) is 0 Å². The number of rotatable bonds is 3. The van der Waals surface area contributed by atoms with Gasteiger partial charge in [0.15, 0.2) is 5.82 Å². The second-order valence-electron chi connectivity index (χ2n) is 4.21. The molecule has 0 saturated heterocycles. The van der Waals surface area contributed by atoms with Gasteiger partial charge < -0.3 is 10.2 Å². The Hall–Kier alpha value is -0.940. The molecule has 0 aliphatic rings. The van der Waals surface area contributed by atoms with Gasteiger partial charge in [-0.1, -0.05) is 0 Å². The van der Waals surface area contributed by atoms with E-state index < -0.39 is 11.7 Å². The molecule has 2 N–H and O–H groups in total. The van der Waals surface area contributed by atoms with Gasteiger partial charge in [-0.3, -0.25) is 0 Å². The molecule has 0 amide bonds. The van der Waals surface area contributed by atoms with Gasteiger partial charge >= 0.3 is 0 Å². The third-order valence-corrected chi connectivity index (χ3v) is 2.00. The minimum absolute atomic E-state index is 0.115. The van der Waals surface area contributed by atoms with Crippen LogP contribution >= 0.6 is 0 Å². The highest BCUT2D eigenvalue weighted by Gasteiger charge is 2.30. The van der Waals surface area contributed by atoms with Crippen LogP contribution in [0.15, 0.2) is 6.33 Å². The van der Waals surface area contributed by atoms with Gasteiger partial charge in [-0.05, 0) is 27.7 Å². The second kappa shape index (κ2) is 3.67. The zero-order chi connectivity index (χ0) is 10.9. The quantitative estimate of drug-likeness (QED) is 0.750. The molecule has 1 heterocycles. The van der Waals surface area contributed by atoms with Crippen molar-refractivity contribution in [1.82, 2.24) is 14.8 Å². The third kappa shape index (κ3) is 2.10. The first-order valence-corrected chi connectivity index (χ1v) is 4.64. The van der Waals surface area contributed by atoms with Crippen LogP contribution in [0.5, 0.6) is 0 Å². The van der Waals surface area contributed by atoms with Crippen LogP contribution in [0.4, 0.5) is 0 Å². The summed E-state index contributed by atoms with van der Waals surface area (Å²) in [6.07, 6.45) is 0.358. The smallest absolute Gasteiger partial charge is 0.158 e. The second-order valence-corrected chi connectivity index (χ2v) is 4.21. The van der Waals surface area contributed by atoms with Crippen molar-refractivity contribution < 1.29 is 10.2 Å². The Balaban J connectivity index is 3.01. The Morgan fingerprint density at radius 1 is 1.43 bits per heavy atom. The van der Waals surface area contributed by atoms with Crippen molar-refractivity contribution in [2.45, 2.75) is 45.4 Å². The predicted octanol–water partition coefficient (Wildman–Crippen LogP) is 0.663. The Kier molecular flexibility index (Phi) is 2.92. The summed E-state index contributed by atoms with van der Waals surface area (Å²) in [5.41, 5.74) is -1.21. The van der Waals surface area contributed by atoms with Crippen molar-refractivity contribution in [3.63, 3.8) is 0 Å². The molecule has 1 aromatic heterocycles. The molecule has 1 rings (SSSR count).